The predicted octanol–water partition coefficient (Wildman–Crippen LogP) is 4.91. The van der Waals surface area contributed by atoms with E-state index >= 15 is 0 Å². The zero-order chi connectivity index (χ0) is 20.7. The minimum Gasteiger partial charge on any atom is -0.383 e. The Labute approximate surface area is 176 Å². The van der Waals surface area contributed by atoms with Gasteiger partial charge in [0.25, 0.3) is 0 Å². The average Bonchev–Trinajstić information content (AvgIpc) is 3.35. The lowest BCUT2D eigenvalue weighted by molar-refractivity contribution is 0.630. The van der Waals surface area contributed by atoms with Crippen LogP contribution in [-0.4, -0.2) is 24.5 Å². The molecule has 0 spiro atoms. The largest absolute Gasteiger partial charge is 0.383 e. The van der Waals surface area contributed by atoms with Gasteiger partial charge in [-0.2, -0.15) is 0 Å². The summed E-state index contributed by atoms with van der Waals surface area (Å²) in [5.41, 5.74) is 9.98. The Morgan fingerprint density at radius 3 is 2.60 bits per heavy atom. The summed E-state index contributed by atoms with van der Waals surface area (Å²) in [7, 11) is 0. The molecule has 0 aliphatic carbocycles. The van der Waals surface area contributed by atoms with E-state index in [0.29, 0.717) is 34.4 Å². The van der Waals surface area contributed by atoms with Crippen LogP contribution in [0, 0.1) is 5.82 Å². The lowest BCUT2D eigenvalue weighted by Gasteiger charge is -2.03. The second-order valence-corrected chi connectivity index (χ2v) is 7.31. The summed E-state index contributed by atoms with van der Waals surface area (Å²) in [6.45, 7) is 0.460. The van der Waals surface area contributed by atoms with Gasteiger partial charge in [0.05, 0.1) is 29.4 Å². The first-order valence-electron chi connectivity index (χ1n) is 9.24. The van der Waals surface area contributed by atoms with Crippen LogP contribution in [0.25, 0.3) is 33.5 Å². The molecule has 0 aliphatic heterocycles. The first-order valence-corrected chi connectivity index (χ1v) is 9.62. The van der Waals surface area contributed by atoms with E-state index in [1.807, 2.05) is 35.0 Å². The molecule has 0 atom stereocenters. The number of anilines is 1. The second-order valence-electron chi connectivity index (χ2n) is 6.87. The molecule has 2 aromatic carbocycles. The molecule has 3 aromatic heterocycles. The second kappa shape index (κ2) is 7.27. The zero-order valence-electron chi connectivity index (χ0n) is 15.7. The topological polar surface area (TPSA) is 85.4 Å². The fourth-order valence-electron chi connectivity index (χ4n) is 3.53. The number of halogens is 2. The van der Waals surface area contributed by atoms with Gasteiger partial charge < -0.3 is 15.3 Å². The van der Waals surface area contributed by atoms with Crippen molar-refractivity contribution >= 4 is 28.5 Å². The van der Waals surface area contributed by atoms with Crippen LogP contribution in [0.4, 0.5) is 10.2 Å². The highest BCUT2D eigenvalue weighted by Crippen LogP contribution is 2.33. The predicted molar refractivity (Wildman–Crippen MR) is 115 cm³/mol. The number of nitrogens with one attached hydrogen (secondary N) is 1. The van der Waals surface area contributed by atoms with Gasteiger partial charge in [0.1, 0.15) is 29.4 Å². The molecule has 5 aromatic rings. The Balaban J connectivity index is 1.57. The van der Waals surface area contributed by atoms with Gasteiger partial charge in [0.2, 0.25) is 0 Å². The number of H-pyrrole nitrogens is 1. The molecule has 0 saturated heterocycles. The van der Waals surface area contributed by atoms with Crippen molar-refractivity contribution in [3.63, 3.8) is 0 Å². The summed E-state index contributed by atoms with van der Waals surface area (Å²) in [5, 5.41) is 1.43. The van der Waals surface area contributed by atoms with E-state index in [-0.39, 0.29) is 5.82 Å². The number of nitrogen functional groups attached to an aromatic ring is 1. The van der Waals surface area contributed by atoms with Crippen LogP contribution < -0.4 is 5.73 Å². The maximum Gasteiger partial charge on any atom is 0.146 e. The van der Waals surface area contributed by atoms with Gasteiger partial charge in [-0.25, -0.2) is 19.3 Å². The smallest absolute Gasteiger partial charge is 0.146 e. The maximum atomic E-state index is 14.1. The van der Waals surface area contributed by atoms with Crippen LogP contribution >= 0.6 is 11.6 Å². The minimum absolute atomic E-state index is 0.324. The molecule has 8 heteroatoms. The van der Waals surface area contributed by atoms with E-state index in [2.05, 4.69) is 19.9 Å². The van der Waals surface area contributed by atoms with E-state index in [9.17, 15) is 4.39 Å². The molecular weight excluding hydrogens is 403 g/mol. The Morgan fingerprint density at radius 1 is 1.00 bits per heavy atom. The van der Waals surface area contributed by atoms with Gasteiger partial charge in [-0.1, -0.05) is 35.9 Å². The van der Waals surface area contributed by atoms with Crippen LogP contribution in [0.15, 0.2) is 67.3 Å². The number of nitrogens with two attached hydrogens (primary N) is 1. The summed E-state index contributed by atoms with van der Waals surface area (Å²) in [4.78, 5) is 16.1. The van der Waals surface area contributed by atoms with Crippen LogP contribution in [0.1, 0.15) is 5.69 Å². The SMILES string of the molecule is Nc1ncnc2c1c(-c1ccc(Cl)cc1)cn2Cc1cnc(-c2ccccc2F)[nH]1. The quantitative estimate of drug-likeness (QED) is 0.434. The monoisotopic (exact) mass is 418 g/mol. The van der Waals surface area contributed by atoms with Crippen LogP contribution in [0.2, 0.25) is 5.02 Å². The van der Waals surface area contributed by atoms with Crippen molar-refractivity contribution in [2.24, 2.45) is 0 Å². The van der Waals surface area contributed by atoms with E-state index in [1.54, 1.807) is 24.4 Å². The molecule has 148 valence electrons. The molecule has 0 saturated carbocycles. The molecule has 0 unspecified atom stereocenters. The highest BCUT2D eigenvalue weighted by molar-refractivity contribution is 6.30. The van der Waals surface area contributed by atoms with Gasteiger partial charge in [0, 0.05) is 16.8 Å². The number of nitrogens with zero attached hydrogens (tertiary/aromatic N) is 4. The standard InChI is InChI=1S/C22H16ClFN6/c23-14-7-5-13(6-8-14)17-11-30(22-19(17)20(25)27-12-28-22)10-15-9-26-21(29-15)16-3-1-2-4-18(16)24/h1-9,11-12H,10H2,(H,26,29)(H2,25,27,28). The summed E-state index contributed by atoms with van der Waals surface area (Å²) in [5.74, 6) is 0.558. The van der Waals surface area contributed by atoms with Crippen molar-refractivity contribution in [2.75, 3.05) is 5.73 Å². The molecule has 0 amide bonds. The molecule has 6 nitrogen and oxygen atoms in total. The number of benzene rings is 2. The summed E-state index contributed by atoms with van der Waals surface area (Å²) in [6, 6.07) is 14.0. The molecule has 3 N–H and O–H groups in total. The number of fused-ring (bicyclic) bond motifs is 1. The lowest BCUT2D eigenvalue weighted by atomic mass is 10.1. The van der Waals surface area contributed by atoms with Gasteiger partial charge in [-0.15, -0.1) is 0 Å². The molecule has 0 fully saturated rings. The first-order chi connectivity index (χ1) is 14.6. The third-order valence-electron chi connectivity index (χ3n) is 4.94. The molecule has 0 aliphatic rings. The number of hydrogen-bond acceptors (Lipinski definition) is 4. The summed E-state index contributed by atoms with van der Waals surface area (Å²) >= 11 is 6.03. The maximum absolute atomic E-state index is 14.1. The third-order valence-corrected chi connectivity index (χ3v) is 5.19. The lowest BCUT2D eigenvalue weighted by Crippen LogP contribution is -2.01. The highest BCUT2D eigenvalue weighted by atomic mass is 35.5. The average molecular weight is 419 g/mol. The molecular formula is C22H16ClFN6. The van der Waals surface area contributed by atoms with Gasteiger partial charge >= 0.3 is 0 Å². The van der Waals surface area contributed by atoms with Crippen molar-refractivity contribution in [3.05, 3.63) is 83.8 Å². The summed E-state index contributed by atoms with van der Waals surface area (Å²) in [6.07, 6.45) is 5.11. The number of aromatic nitrogens is 5. The zero-order valence-corrected chi connectivity index (χ0v) is 16.4. The fraction of sp³-hybridized carbons (Fsp3) is 0.0455. The Bertz CT molecular complexity index is 1360. The number of hydrogen-bond donors (Lipinski definition) is 2. The van der Waals surface area contributed by atoms with Gasteiger partial charge in [-0.05, 0) is 29.8 Å². The highest BCUT2D eigenvalue weighted by Gasteiger charge is 2.16. The molecule has 0 bridgehead atoms. The van der Waals surface area contributed by atoms with Crippen molar-refractivity contribution < 1.29 is 4.39 Å². The Kier molecular flexibility index (Phi) is 4.44. The van der Waals surface area contributed by atoms with E-state index in [1.165, 1.54) is 12.4 Å². The first kappa shape index (κ1) is 18.3. The number of rotatable bonds is 4. The van der Waals surface area contributed by atoms with Gasteiger partial charge in [0.15, 0.2) is 0 Å². The van der Waals surface area contributed by atoms with Crippen molar-refractivity contribution in [1.82, 2.24) is 24.5 Å². The van der Waals surface area contributed by atoms with Gasteiger partial charge in [-0.3, -0.25) is 0 Å². The molecule has 5 rings (SSSR count). The van der Waals surface area contributed by atoms with E-state index < -0.39 is 0 Å². The fourth-order valence-corrected chi connectivity index (χ4v) is 3.66. The number of imidazole rings is 1. The minimum atomic E-state index is -0.324. The van der Waals surface area contributed by atoms with Crippen molar-refractivity contribution in [3.8, 4) is 22.5 Å². The van der Waals surface area contributed by atoms with Crippen LogP contribution in [-0.2, 0) is 6.54 Å². The van der Waals surface area contributed by atoms with E-state index in [4.69, 9.17) is 17.3 Å². The summed E-state index contributed by atoms with van der Waals surface area (Å²) < 4.78 is 16.0. The van der Waals surface area contributed by atoms with Crippen LogP contribution in [0.3, 0.4) is 0 Å². The Morgan fingerprint density at radius 2 is 1.80 bits per heavy atom. The molecule has 0 radical (unpaired) electrons. The normalized spacial score (nSPS) is 11.3. The number of aromatic amines is 1. The van der Waals surface area contributed by atoms with Crippen molar-refractivity contribution in [2.45, 2.75) is 6.54 Å². The Hall–Kier alpha value is -3.71. The van der Waals surface area contributed by atoms with E-state index in [0.717, 1.165) is 22.2 Å². The van der Waals surface area contributed by atoms with Crippen molar-refractivity contribution in [1.29, 1.82) is 0 Å². The third kappa shape index (κ3) is 3.19. The van der Waals surface area contributed by atoms with Crippen LogP contribution in [0.5, 0.6) is 0 Å². The molecule has 30 heavy (non-hydrogen) atoms. The molecule has 3 heterocycles.